The van der Waals surface area contributed by atoms with Gasteiger partial charge >= 0.3 is 0 Å². The Morgan fingerprint density at radius 3 is 1.81 bits per heavy atom. The average molecular weight is 444 g/mol. The molecule has 0 saturated carbocycles. The first-order chi connectivity index (χ1) is 14.8. The van der Waals surface area contributed by atoms with Crippen molar-refractivity contribution in [3.05, 3.63) is 102 Å². The van der Waals surface area contributed by atoms with Gasteiger partial charge in [0.25, 0.3) is 0 Å². The number of piperidine rings is 1. The monoisotopic (exact) mass is 443 g/mol. The second-order valence-corrected chi connectivity index (χ2v) is 9.72. The van der Waals surface area contributed by atoms with E-state index in [1.54, 1.807) is 42.5 Å². The van der Waals surface area contributed by atoms with Crippen molar-refractivity contribution in [1.82, 2.24) is 4.31 Å². The normalized spacial score (nSPS) is 16.4. The fraction of sp³-hybridized carbons (Fsp3) is 0.250. The molecular formula is C24H23F2NO3S. The zero-order chi connectivity index (χ0) is 22.1. The molecule has 7 heteroatoms. The number of benzene rings is 3. The lowest BCUT2D eigenvalue weighted by Gasteiger charge is -2.42. The summed E-state index contributed by atoms with van der Waals surface area (Å²) in [6.45, 7) is 0.406. The molecule has 0 aromatic heterocycles. The third-order valence-electron chi connectivity index (χ3n) is 5.96. The van der Waals surface area contributed by atoms with Crippen molar-refractivity contribution in [3.63, 3.8) is 0 Å². The number of nitrogens with zero attached hydrogens (tertiary/aromatic N) is 1. The largest absolute Gasteiger partial charge is 0.380 e. The van der Waals surface area contributed by atoms with Gasteiger partial charge in [-0.25, -0.2) is 17.2 Å². The molecule has 3 aromatic carbocycles. The molecule has 1 heterocycles. The fourth-order valence-corrected chi connectivity index (χ4v) is 5.84. The molecule has 1 aliphatic rings. The lowest BCUT2D eigenvalue weighted by molar-refractivity contribution is -0.00575. The second kappa shape index (κ2) is 8.49. The van der Waals surface area contributed by atoms with Gasteiger partial charge in [0.15, 0.2) is 0 Å². The van der Waals surface area contributed by atoms with Gasteiger partial charge in [-0.3, -0.25) is 0 Å². The van der Waals surface area contributed by atoms with Crippen molar-refractivity contribution in [2.45, 2.75) is 23.3 Å². The number of aliphatic hydroxyl groups is 1. The summed E-state index contributed by atoms with van der Waals surface area (Å²) in [7, 11) is -3.64. The van der Waals surface area contributed by atoms with E-state index in [0.29, 0.717) is 24.0 Å². The minimum Gasteiger partial charge on any atom is -0.380 e. The molecule has 0 atom stereocenters. The van der Waals surface area contributed by atoms with Crippen molar-refractivity contribution in [3.8, 4) is 0 Å². The van der Waals surface area contributed by atoms with E-state index in [1.165, 1.54) is 40.7 Å². The molecule has 4 nitrogen and oxygen atoms in total. The highest BCUT2D eigenvalue weighted by molar-refractivity contribution is 7.89. The highest BCUT2D eigenvalue weighted by Crippen LogP contribution is 2.43. The van der Waals surface area contributed by atoms with Gasteiger partial charge in [-0.15, -0.1) is 0 Å². The van der Waals surface area contributed by atoms with Crippen LogP contribution < -0.4 is 0 Å². The highest BCUT2D eigenvalue weighted by Gasteiger charge is 2.43. The van der Waals surface area contributed by atoms with Crippen LogP contribution in [0.25, 0.3) is 0 Å². The second-order valence-electron chi connectivity index (χ2n) is 7.78. The Kier molecular flexibility index (Phi) is 5.92. The molecule has 3 aromatic rings. The van der Waals surface area contributed by atoms with E-state index in [9.17, 15) is 22.3 Å². The summed E-state index contributed by atoms with van der Waals surface area (Å²) in [4.78, 5) is 0.221. The van der Waals surface area contributed by atoms with Crippen LogP contribution in [-0.4, -0.2) is 30.9 Å². The smallest absolute Gasteiger partial charge is 0.243 e. The van der Waals surface area contributed by atoms with Gasteiger partial charge in [0.1, 0.15) is 17.2 Å². The lowest BCUT2D eigenvalue weighted by atomic mass is 9.72. The van der Waals surface area contributed by atoms with Crippen LogP contribution in [-0.2, 0) is 15.6 Å². The Morgan fingerprint density at radius 1 is 0.806 bits per heavy atom. The number of hydrogen-bond acceptors (Lipinski definition) is 3. The van der Waals surface area contributed by atoms with E-state index < -0.39 is 33.2 Å². The zero-order valence-corrected chi connectivity index (χ0v) is 17.6. The topological polar surface area (TPSA) is 57.6 Å². The molecule has 31 heavy (non-hydrogen) atoms. The predicted molar refractivity (Wildman–Crippen MR) is 114 cm³/mol. The van der Waals surface area contributed by atoms with Crippen LogP contribution in [0.2, 0.25) is 0 Å². The van der Waals surface area contributed by atoms with Crippen LogP contribution in [0.4, 0.5) is 8.78 Å². The molecule has 1 fully saturated rings. The zero-order valence-electron chi connectivity index (χ0n) is 16.8. The molecule has 0 radical (unpaired) electrons. The van der Waals surface area contributed by atoms with Gasteiger partial charge in [0.2, 0.25) is 10.0 Å². The van der Waals surface area contributed by atoms with Gasteiger partial charge in [-0.05, 0) is 66.3 Å². The summed E-state index contributed by atoms with van der Waals surface area (Å²) in [5.74, 6) is -1.42. The molecule has 162 valence electrons. The van der Waals surface area contributed by atoms with Crippen LogP contribution in [0.3, 0.4) is 0 Å². The highest BCUT2D eigenvalue weighted by atomic mass is 32.2. The molecular weight excluding hydrogens is 420 g/mol. The minimum absolute atomic E-state index is 0.203. The summed E-state index contributed by atoms with van der Waals surface area (Å²) in [6.07, 6.45) is 0.686. The van der Waals surface area contributed by atoms with E-state index in [4.69, 9.17) is 0 Å². The van der Waals surface area contributed by atoms with E-state index >= 15 is 0 Å². The van der Waals surface area contributed by atoms with Crippen LogP contribution in [0, 0.1) is 17.6 Å². The maximum Gasteiger partial charge on any atom is 0.243 e. The fourth-order valence-electron chi connectivity index (χ4n) is 4.34. The van der Waals surface area contributed by atoms with Gasteiger partial charge in [-0.2, -0.15) is 4.31 Å². The Balaban J connectivity index is 1.66. The van der Waals surface area contributed by atoms with Gasteiger partial charge < -0.3 is 5.11 Å². The van der Waals surface area contributed by atoms with E-state index in [1.807, 2.05) is 0 Å². The SMILES string of the molecule is O=S(=O)(c1ccccc1)N1CCC(C(O)(c2cccc(F)c2)c2cccc(F)c2)CC1. The molecule has 1 aliphatic heterocycles. The van der Waals surface area contributed by atoms with E-state index in [2.05, 4.69) is 0 Å². The van der Waals surface area contributed by atoms with Gasteiger partial charge in [-0.1, -0.05) is 42.5 Å². The lowest BCUT2D eigenvalue weighted by Crippen LogP contribution is -2.46. The number of halogens is 2. The van der Waals surface area contributed by atoms with Crippen LogP contribution in [0.5, 0.6) is 0 Å². The standard InChI is InChI=1S/C24H23F2NO3S/c25-21-8-4-6-19(16-21)24(28,20-7-5-9-22(26)17-20)18-12-14-27(15-13-18)31(29,30)23-10-2-1-3-11-23/h1-11,16-18,28H,12-15H2. The molecule has 0 aliphatic carbocycles. The molecule has 1 saturated heterocycles. The first-order valence-corrected chi connectivity index (χ1v) is 11.6. The summed E-state index contributed by atoms with van der Waals surface area (Å²) in [5, 5.41) is 11.8. The van der Waals surface area contributed by atoms with Crippen molar-refractivity contribution in [2.75, 3.05) is 13.1 Å². The van der Waals surface area contributed by atoms with Crippen molar-refractivity contribution >= 4 is 10.0 Å². The summed E-state index contributed by atoms with van der Waals surface area (Å²) < 4.78 is 55.3. The Bertz CT molecular complexity index is 1110. The molecule has 1 N–H and O–H groups in total. The van der Waals surface area contributed by atoms with Crippen LogP contribution in [0.1, 0.15) is 24.0 Å². The summed E-state index contributed by atoms with van der Waals surface area (Å²) in [5.41, 5.74) is -1.00. The van der Waals surface area contributed by atoms with Gasteiger partial charge in [0, 0.05) is 13.1 Å². The molecule has 0 spiro atoms. The van der Waals surface area contributed by atoms with Gasteiger partial charge in [0.05, 0.1) is 4.90 Å². The number of rotatable bonds is 5. The quantitative estimate of drug-likeness (QED) is 0.640. The van der Waals surface area contributed by atoms with E-state index in [0.717, 1.165) is 0 Å². The third-order valence-corrected chi connectivity index (χ3v) is 7.87. The van der Waals surface area contributed by atoms with Crippen molar-refractivity contribution < 1.29 is 22.3 Å². The van der Waals surface area contributed by atoms with Crippen molar-refractivity contribution in [2.24, 2.45) is 5.92 Å². The maximum absolute atomic E-state index is 14.0. The Labute approximate surface area is 180 Å². The van der Waals surface area contributed by atoms with Crippen molar-refractivity contribution in [1.29, 1.82) is 0 Å². The minimum atomic E-state index is -3.64. The molecule has 0 unspecified atom stereocenters. The summed E-state index contributed by atoms with van der Waals surface area (Å²) >= 11 is 0. The Hall–Kier alpha value is -2.61. The molecule has 0 amide bonds. The van der Waals surface area contributed by atoms with Crippen LogP contribution in [0.15, 0.2) is 83.8 Å². The molecule has 4 rings (SSSR count). The summed E-state index contributed by atoms with van der Waals surface area (Å²) in [6, 6.07) is 19.5. The Morgan fingerprint density at radius 2 is 1.32 bits per heavy atom. The third kappa shape index (κ3) is 4.13. The van der Waals surface area contributed by atoms with Crippen LogP contribution >= 0.6 is 0 Å². The van der Waals surface area contributed by atoms with E-state index in [-0.39, 0.29) is 18.0 Å². The average Bonchev–Trinajstić information content (AvgIpc) is 2.79. The first kappa shape index (κ1) is 21.6. The predicted octanol–water partition coefficient (Wildman–Crippen LogP) is 4.30. The molecule has 0 bridgehead atoms. The number of hydrogen-bond donors (Lipinski definition) is 1. The number of sulfonamides is 1. The maximum atomic E-state index is 14.0. The first-order valence-electron chi connectivity index (χ1n) is 10.1.